The summed E-state index contributed by atoms with van der Waals surface area (Å²) < 4.78 is 10.3. The van der Waals surface area contributed by atoms with Crippen LogP contribution in [0.3, 0.4) is 0 Å². The van der Waals surface area contributed by atoms with Crippen LogP contribution in [0.4, 0.5) is 0 Å². The van der Waals surface area contributed by atoms with Crippen LogP contribution in [-0.2, 0) is 4.74 Å². The summed E-state index contributed by atoms with van der Waals surface area (Å²) in [6, 6.07) is 2.99. The van der Waals surface area contributed by atoms with Crippen LogP contribution < -0.4 is 9.84 Å². The second-order valence-corrected chi connectivity index (χ2v) is 4.78. The van der Waals surface area contributed by atoms with Gasteiger partial charge in [-0.05, 0) is 6.07 Å². The SMILES string of the molecule is O=C(O)c1cc([O-])ccc1O[C@@H]1O[C@H](CO)[C@@H](O)[C@H](O)[C@H]1O. The molecular formula is C13H15O9-. The molecule has 1 heterocycles. The Kier molecular flexibility index (Phi) is 4.84. The van der Waals surface area contributed by atoms with Crippen molar-refractivity contribution in [2.45, 2.75) is 30.7 Å². The van der Waals surface area contributed by atoms with Crippen LogP contribution in [0.15, 0.2) is 18.2 Å². The Balaban J connectivity index is 2.24. The molecule has 1 aromatic carbocycles. The second kappa shape index (κ2) is 6.46. The number of carbonyl (C=O) groups is 1. The van der Waals surface area contributed by atoms with E-state index in [1.165, 1.54) is 0 Å². The molecule has 5 atom stereocenters. The Morgan fingerprint density at radius 1 is 1.23 bits per heavy atom. The standard InChI is InChI=1S/C13H16O9/c14-4-8-9(16)10(17)11(18)13(22-8)21-7-2-1-5(15)3-6(7)12(19)20/h1-3,8-11,13-18H,4H2,(H,19,20)/p-1/t8-,9-,10+,11-,13-/m1/s1. The fourth-order valence-electron chi connectivity index (χ4n) is 2.07. The summed E-state index contributed by atoms with van der Waals surface area (Å²) in [4.78, 5) is 11.1. The maximum atomic E-state index is 11.2. The number of aromatic carboxylic acids is 1. The van der Waals surface area contributed by atoms with E-state index in [9.17, 15) is 25.2 Å². The topological polar surface area (TPSA) is 160 Å². The Morgan fingerprint density at radius 2 is 1.91 bits per heavy atom. The molecule has 9 heteroatoms. The van der Waals surface area contributed by atoms with E-state index in [0.29, 0.717) is 0 Å². The monoisotopic (exact) mass is 315 g/mol. The van der Waals surface area contributed by atoms with Crippen molar-refractivity contribution >= 4 is 5.97 Å². The Bertz CT molecular complexity index is 544. The number of hydrogen-bond acceptors (Lipinski definition) is 8. The van der Waals surface area contributed by atoms with Crippen LogP contribution in [0.1, 0.15) is 10.4 Å². The van der Waals surface area contributed by atoms with Crippen molar-refractivity contribution in [3.8, 4) is 11.5 Å². The highest BCUT2D eigenvalue weighted by atomic mass is 16.7. The minimum absolute atomic E-state index is 0.253. The Hall–Kier alpha value is -1.91. The van der Waals surface area contributed by atoms with Crippen molar-refractivity contribution in [3.05, 3.63) is 23.8 Å². The second-order valence-electron chi connectivity index (χ2n) is 4.78. The van der Waals surface area contributed by atoms with Gasteiger partial charge in [0, 0.05) is 0 Å². The fraction of sp³-hybridized carbons (Fsp3) is 0.462. The maximum absolute atomic E-state index is 11.2. The number of aliphatic hydroxyl groups is 4. The smallest absolute Gasteiger partial charge is 0.339 e. The minimum atomic E-state index is -1.67. The molecule has 1 aliphatic rings. The molecule has 0 unspecified atom stereocenters. The van der Waals surface area contributed by atoms with E-state index >= 15 is 0 Å². The van der Waals surface area contributed by atoms with Gasteiger partial charge < -0.3 is 40.1 Å². The van der Waals surface area contributed by atoms with E-state index in [2.05, 4.69) is 0 Å². The Morgan fingerprint density at radius 3 is 2.50 bits per heavy atom. The van der Waals surface area contributed by atoms with Crippen molar-refractivity contribution in [1.29, 1.82) is 0 Å². The molecule has 1 aliphatic heterocycles. The first-order chi connectivity index (χ1) is 10.3. The minimum Gasteiger partial charge on any atom is -0.872 e. The molecule has 0 saturated carbocycles. The predicted molar refractivity (Wildman–Crippen MR) is 67.2 cm³/mol. The van der Waals surface area contributed by atoms with E-state index in [1.54, 1.807) is 0 Å². The van der Waals surface area contributed by atoms with Crippen LogP contribution in [0.2, 0.25) is 0 Å². The van der Waals surface area contributed by atoms with Gasteiger partial charge in [0.2, 0.25) is 6.29 Å². The molecule has 0 amide bonds. The van der Waals surface area contributed by atoms with Gasteiger partial charge in [-0.3, -0.25) is 0 Å². The first-order valence-electron chi connectivity index (χ1n) is 6.36. The van der Waals surface area contributed by atoms with Crippen molar-refractivity contribution in [3.63, 3.8) is 0 Å². The van der Waals surface area contributed by atoms with Gasteiger partial charge in [-0.2, -0.15) is 0 Å². The molecule has 1 aromatic rings. The molecule has 0 radical (unpaired) electrons. The zero-order chi connectivity index (χ0) is 16.4. The normalized spacial score (nSPS) is 31.7. The summed E-state index contributed by atoms with van der Waals surface area (Å²) in [6.45, 7) is -0.643. The number of benzene rings is 1. The zero-order valence-corrected chi connectivity index (χ0v) is 11.2. The highest BCUT2D eigenvalue weighted by Gasteiger charge is 2.44. The lowest BCUT2D eigenvalue weighted by atomic mass is 9.99. The molecule has 0 spiro atoms. The lowest BCUT2D eigenvalue weighted by Gasteiger charge is -2.39. The van der Waals surface area contributed by atoms with E-state index in [-0.39, 0.29) is 5.75 Å². The molecule has 1 fully saturated rings. The lowest BCUT2D eigenvalue weighted by molar-refractivity contribution is -0.277. The summed E-state index contributed by atoms with van der Waals surface area (Å²) in [5.41, 5.74) is -0.440. The summed E-state index contributed by atoms with van der Waals surface area (Å²) in [6.07, 6.45) is -7.58. The first-order valence-corrected chi connectivity index (χ1v) is 6.36. The summed E-state index contributed by atoms with van der Waals surface area (Å²) in [7, 11) is 0. The van der Waals surface area contributed by atoms with Gasteiger partial charge in [0.1, 0.15) is 35.7 Å². The first kappa shape index (κ1) is 16.5. The van der Waals surface area contributed by atoms with Crippen LogP contribution in [0.25, 0.3) is 0 Å². The molecule has 0 bridgehead atoms. The fourth-order valence-corrected chi connectivity index (χ4v) is 2.07. The average molecular weight is 315 g/mol. The lowest BCUT2D eigenvalue weighted by Crippen LogP contribution is -2.60. The summed E-state index contributed by atoms with van der Waals surface area (Å²) >= 11 is 0. The van der Waals surface area contributed by atoms with Crippen LogP contribution in [0, 0.1) is 0 Å². The largest absolute Gasteiger partial charge is 0.872 e. The van der Waals surface area contributed by atoms with Gasteiger partial charge >= 0.3 is 5.97 Å². The molecule has 5 N–H and O–H groups in total. The third-order valence-corrected chi connectivity index (χ3v) is 3.27. The number of carboxylic acid groups (broad SMARTS) is 1. The predicted octanol–water partition coefficient (Wildman–Crippen LogP) is -2.36. The molecule has 0 aliphatic carbocycles. The third-order valence-electron chi connectivity index (χ3n) is 3.27. The van der Waals surface area contributed by atoms with Gasteiger partial charge in [0.25, 0.3) is 0 Å². The summed E-state index contributed by atoms with van der Waals surface area (Å²) in [5, 5.41) is 58.4. The quantitative estimate of drug-likeness (QED) is 0.409. The van der Waals surface area contributed by atoms with E-state index in [4.69, 9.17) is 19.7 Å². The highest BCUT2D eigenvalue weighted by molar-refractivity contribution is 5.91. The Labute approximate surface area is 124 Å². The van der Waals surface area contributed by atoms with Crippen molar-refractivity contribution in [2.75, 3.05) is 6.61 Å². The van der Waals surface area contributed by atoms with Crippen LogP contribution >= 0.6 is 0 Å². The molecule has 0 aromatic heterocycles. The van der Waals surface area contributed by atoms with Crippen molar-refractivity contribution < 1.29 is 44.9 Å². The van der Waals surface area contributed by atoms with Crippen LogP contribution in [0.5, 0.6) is 11.5 Å². The average Bonchev–Trinajstić information content (AvgIpc) is 2.49. The van der Waals surface area contributed by atoms with E-state index in [0.717, 1.165) is 18.2 Å². The maximum Gasteiger partial charge on any atom is 0.339 e. The molecule has 2 rings (SSSR count). The van der Waals surface area contributed by atoms with Crippen molar-refractivity contribution in [2.24, 2.45) is 0 Å². The molecular weight excluding hydrogens is 300 g/mol. The van der Waals surface area contributed by atoms with Gasteiger partial charge in [0.15, 0.2) is 0 Å². The number of carboxylic acids is 1. The van der Waals surface area contributed by atoms with Gasteiger partial charge in [-0.25, -0.2) is 4.79 Å². The zero-order valence-electron chi connectivity index (χ0n) is 11.2. The molecule has 122 valence electrons. The number of aliphatic hydroxyl groups excluding tert-OH is 4. The van der Waals surface area contributed by atoms with E-state index < -0.39 is 54.6 Å². The molecule has 1 saturated heterocycles. The molecule has 22 heavy (non-hydrogen) atoms. The molecule has 9 nitrogen and oxygen atoms in total. The third kappa shape index (κ3) is 3.13. The number of hydrogen-bond donors (Lipinski definition) is 5. The van der Waals surface area contributed by atoms with Crippen molar-refractivity contribution in [1.82, 2.24) is 0 Å². The highest BCUT2D eigenvalue weighted by Crippen LogP contribution is 2.28. The van der Waals surface area contributed by atoms with Crippen LogP contribution in [-0.4, -0.2) is 68.8 Å². The van der Waals surface area contributed by atoms with Gasteiger partial charge in [0.05, 0.1) is 6.61 Å². The van der Waals surface area contributed by atoms with Gasteiger partial charge in [-0.1, -0.05) is 12.1 Å². The van der Waals surface area contributed by atoms with E-state index in [1.807, 2.05) is 0 Å². The summed E-state index contributed by atoms with van der Waals surface area (Å²) in [5.74, 6) is -2.22. The number of ether oxygens (including phenoxy) is 2. The van der Waals surface area contributed by atoms with Gasteiger partial charge in [-0.15, -0.1) is 5.75 Å². The number of rotatable bonds is 4.